The number of hydrogen-bond acceptors (Lipinski definition) is 18. The number of aliphatic imine (C=N–C) groups is 1. The predicted octanol–water partition coefficient (Wildman–Crippen LogP) is -9.27. The smallest absolute Gasteiger partial charge is 0.862 e. The van der Waals surface area contributed by atoms with E-state index in [0.29, 0.717) is 0 Å². The number of nitrogens with zero attached hydrogens (tertiary/aromatic N) is 1. The largest absolute Gasteiger partial charge is 1.00 e. The van der Waals surface area contributed by atoms with Crippen molar-refractivity contribution < 1.29 is 116 Å². The molecule has 0 aromatic carbocycles. The zero-order valence-electron chi connectivity index (χ0n) is 23.1. The van der Waals surface area contributed by atoms with Gasteiger partial charge in [-0.1, -0.05) is 0 Å². The summed E-state index contributed by atoms with van der Waals surface area (Å²) in [6.07, 6.45) is -23.6. The molecule has 3 fully saturated rings. The van der Waals surface area contributed by atoms with Gasteiger partial charge in [-0.05, 0) is 19.7 Å². The molecule has 42 heavy (non-hydrogen) atoms. The van der Waals surface area contributed by atoms with Crippen LogP contribution < -0.4 is 34.7 Å². The monoisotopic (exact) mass is 645 g/mol. The molecule has 0 aromatic rings. The van der Waals surface area contributed by atoms with Crippen molar-refractivity contribution in [3.8, 4) is 0 Å². The normalized spacial score (nSPS) is 45.3. The molecule has 0 amide bonds. The van der Waals surface area contributed by atoms with Gasteiger partial charge in [0.15, 0.2) is 18.9 Å². The van der Waals surface area contributed by atoms with E-state index in [-0.39, 0.29) is 29.6 Å². The molecule has 3 aliphatic rings. The Morgan fingerprint density at radius 3 is 1.88 bits per heavy atom. The van der Waals surface area contributed by atoms with Crippen molar-refractivity contribution in [2.45, 2.75) is 106 Å². The average Bonchev–Trinajstić information content (AvgIpc) is 2.90. The van der Waals surface area contributed by atoms with Crippen LogP contribution in [0.3, 0.4) is 0 Å². The third-order valence-corrected chi connectivity index (χ3v) is 7.27. The predicted molar refractivity (Wildman–Crippen MR) is 126 cm³/mol. The molecule has 0 unspecified atom stereocenters. The van der Waals surface area contributed by atoms with E-state index in [4.69, 9.17) is 33.0 Å². The van der Waals surface area contributed by atoms with Crippen LogP contribution in [0.2, 0.25) is 0 Å². The fraction of sp³-hybridized carbons (Fsp3) is 0.952. The Labute approximate surface area is 262 Å². The van der Waals surface area contributed by atoms with Gasteiger partial charge in [0.1, 0.15) is 67.1 Å². The summed E-state index contributed by atoms with van der Waals surface area (Å²) >= 11 is 0. The van der Waals surface area contributed by atoms with Gasteiger partial charge < -0.3 is 69.3 Å². The Morgan fingerprint density at radius 1 is 0.810 bits per heavy atom. The molecule has 0 aliphatic carbocycles. The first-order chi connectivity index (χ1) is 19.1. The van der Waals surface area contributed by atoms with Gasteiger partial charge in [-0.3, -0.25) is 9.55 Å². The maximum absolute atomic E-state index is 12.0. The third-order valence-electron chi connectivity index (χ3n) is 6.80. The summed E-state index contributed by atoms with van der Waals surface area (Å²) in [4.78, 5) is 3.91. The third kappa shape index (κ3) is 8.75. The summed E-state index contributed by atoms with van der Waals surface area (Å²) < 4.78 is 69.6. The van der Waals surface area contributed by atoms with E-state index < -0.39 is 122 Å². The summed E-state index contributed by atoms with van der Waals surface area (Å²) in [7, 11) is -4.05. The minimum Gasteiger partial charge on any atom is -0.862 e. The topological polar surface area (TPSA) is 296 Å². The van der Waals surface area contributed by atoms with Gasteiger partial charge >= 0.3 is 40.0 Å². The van der Waals surface area contributed by atoms with E-state index in [0.717, 1.165) is 6.92 Å². The molecule has 0 bridgehead atoms. The Morgan fingerprint density at radius 2 is 1.36 bits per heavy atom. The number of hydrogen-bond donors (Lipinski definition) is 8. The van der Waals surface area contributed by atoms with Gasteiger partial charge in [-0.25, -0.2) is 4.18 Å². The first-order valence-electron chi connectivity index (χ1n) is 12.4. The molecule has 19 nitrogen and oxygen atoms in total. The molecule has 8 N–H and O–H groups in total. The number of rotatable bonds is 10. The van der Waals surface area contributed by atoms with Crippen LogP contribution >= 0.6 is 0 Å². The number of aliphatic hydroxyl groups excluding tert-OH is 7. The van der Waals surface area contributed by atoms with Crippen LogP contribution in [0, 0.1) is 0 Å². The molecular weight excluding hydrogens is 609 g/mol. The van der Waals surface area contributed by atoms with E-state index in [9.17, 15) is 49.3 Å². The first kappa shape index (κ1) is 38.0. The van der Waals surface area contributed by atoms with E-state index in [1.54, 1.807) is 0 Å². The van der Waals surface area contributed by atoms with Crippen LogP contribution in [0.25, 0.3) is 0 Å². The number of methoxy groups -OCH3 is 1. The van der Waals surface area contributed by atoms with Crippen LogP contribution in [-0.2, 0) is 43.0 Å². The zero-order chi connectivity index (χ0) is 30.8. The Balaban J connectivity index is 0.00000616. The van der Waals surface area contributed by atoms with Crippen LogP contribution in [-0.4, -0.2) is 167 Å². The second-order valence-electron chi connectivity index (χ2n) is 9.68. The standard InChI is InChI=1S/C21H37NO18S.Na/c1-6-11(26)13(28)14(29)20(35-6)39-17-10(22-7(2)25)19(34-3)37-9(5-24)16(17)38-21-15(30)18(40-41(31,32)33)12(27)8(4-23)36-21;/h6,8-21,23-24,26-30H,4-5H2,1-3H3,(H,22,25)(H,31,32,33);/q;+1/p-1/t6-,8+,9+,10+,11+,12-,13+,14-,15+,16+,17+,18-,19+,20-,21-;/m0./s1. The molecule has 3 aliphatic heterocycles. The summed E-state index contributed by atoms with van der Waals surface area (Å²) in [6, 6.07) is -1.41. The van der Waals surface area contributed by atoms with Crippen LogP contribution in [0.5, 0.6) is 0 Å². The second kappa shape index (κ2) is 15.9. The van der Waals surface area contributed by atoms with Crippen molar-refractivity contribution in [2.75, 3.05) is 20.3 Å². The first-order valence-corrected chi connectivity index (χ1v) is 13.8. The molecule has 3 saturated heterocycles. The van der Waals surface area contributed by atoms with Crippen LogP contribution in [0.1, 0.15) is 13.8 Å². The maximum Gasteiger partial charge on any atom is 1.00 e. The van der Waals surface area contributed by atoms with Crippen molar-refractivity contribution in [3.05, 3.63) is 0 Å². The Hall–Kier alpha value is -0.180. The van der Waals surface area contributed by atoms with Crippen LogP contribution in [0.4, 0.5) is 0 Å². The fourth-order valence-corrected chi connectivity index (χ4v) is 5.26. The minimum absolute atomic E-state index is 0. The van der Waals surface area contributed by atoms with Crippen molar-refractivity contribution in [1.29, 1.82) is 0 Å². The van der Waals surface area contributed by atoms with E-state index in [2.05, 4.69) is 9.18 Å². The fourth-order valence-electron chi connectivity index (χ4n) is 4.76. The maximum atomic E-state index is 12.0. The average molecular weight is 646 g/mol. The van der Waals surface area contributed by atoms with Gasteiger partial charge in [0.05, 0.1) is 19.3 Å². The molecule has 3 rings (SSSR count). The number of ether oxygens (including phenoxy) is 6. The SMILES string of the molecule is CO[C@@H]1O[C@H](CO)[C@@H](O[C@@H]2O[C@H](CO)[C@H](O)[C@H](OS(=O)(=O)O)[C@H]2O)[C@H](O[C@@H]2O[C@@H](C)[C@@H](O)[C@@H](O)[C@@H]2O)[C@H]1N=C(C)[O-].[Na+]. The Bertz CT molecular complexity index is 988. The number of aliphatic hydroxyl groups is 7. The van der Waals surface area contributed by atoms with Crippen molar-refractivity contribution in [3.63, 3.8) is 0 Å². The summed E-state index contributed by atoms with van der Waals surface area (Å²) in [6.45, 7) is 0.715. The van der Waals surface area contributed by atoms with Gasteiger partial charge in [-0.15, -0.1) is 0 Å². The van der Waals surface area contributed by atoms with E-state index >= 15 is 0 Å². The van der Waals surface area contributed by atoms with Crippen molar-refractivity contribution >= 4 is 16.3 Å². The summed E-state index contributed by atoms with van der Waals surface area (Å²) in [5, 5.41) is 83.6. The van der Waals surface area contributed by atoms with Gasteiger partial charge in [-0.2, -0.15) is 8.42 Å². The summed E-state index contributed by atoms with van der Waals surface area (Å²) in [5.41, 5.74) is 0. The van der Waals surface area contributed by atoms with E-state index in [1.165, 1.54) is 14.0 Å². The van der Waals surface area contributed by atoms with Crippen LogP contribution in [0.15, 0.2) is 4.99 Å². The molecule has 0 radical (unpaired) electrons. The second-order valence-corrected chi connectivity index (χ2v) is 10.7. The Kier molecular flexibility index (Phi) is 14.4. The quantitative estimate of drug-likeness (QED) is 0.0473. The van der Waals surface area contributed by atoms with Crippen molar-refractivity contribution in [1.82, 2.24) is 0 Å². The molecule has 21 heteroatoms. The van der Waals surface area contributed by atoms with Gasteiger partial charge in [0.2, 0.25) is 0 Å². The molecule has 3 heterocycles. The molecule has 0 saturated carbocycles. The molecule has 240 valence electrons. The summed E-state index contributed by atoms with van der Waals surface area (Å²) in [5.74, 6) is -0.747. The van der Waals surface area contributed by atoms with Crippen molar-refractivity contribution in [2.24, 2.45) is 4.99 Å². The van der Waals surface area contributed by atoms with Gasteiger partial charge in [0, 0.05) is 7.11 Å². The molecule has 0 aromatic heterocycles. The molecule has 15 atom stereocenters. The zero-order valence-corrected chi connectivity index (χ0v) is 25.9. The molecule has 0 spiro atoms. The molecular formula is C21H36NNaO18S. The van der Waals surface area contributed by atoms with Gasteiger partial charge in [0.25, 0.3) is 0 Å². The minimum atomic E-state index is -5.24. The van der Waals surface area contributed by atoms with E-state index in [1.807, 2.05) is 0 Å².